The molecule has 3 nitrogen and oxygen atoms in total. The lowest BCUT2D eigenvalue weighted by Gasteiger charge is -2.31. The number of carbonyl (C=O) groups is 1. The van der Waals surface area contributed by atoms with E-state index in [1.807, 2.05) is 18.9 Å². The molecule has 1 aliphatic carbocycles. The van der Waals surface area contributed by atoms with Crippen LogP contribution in [0.15, 0.2) is 18.2 Å². The molecule has 0 bridgehead atoms. The number of hydrogen-bond donors (Lipinski definition) is 1. The molecule has 0 unspecified atom stereocenters. The highest BCUT2D eigenvalue weighted by Crippen LogP contribution is 2.24. The van der Waals surface area contributed by atoms with Gasteiger partial charge in [0, 0.05) is 18.7 Å². The molecule has 1 aliphatic rings. The largest absolute Gasteiger partial charge is 0.508 e. The van der Waals surface area contributed by atoms with Crippen LogP contribution < -0.4 is 0 Å². The van der Waals surface area contributed by atoms with E-state index in [4.69, 9.17) is 0 Å². The molecule has 18 heavy (non-hydrogen) atoms. The number of rotatable bonds is 2. The summed E-state index contributed by atoms with van der Waals surface area (Å²) < 4.78 is 0. The zero-order valence-corrected chi connectivity index (χ0v) is 11.1. The minimum absolute atomic E-state index is 0.0113. The minimum Gasteiger partial charge on any atom is -0.508 e. The van der Waals surface area contributed by atoms with Crippen molar-refractivity contribution >= 4 is 5.91 Å². The summed E-state index contributed by atoms with van der Waals surface area (Å²) in [6, 6.07) is 5.50. The Morgan fingerprint density at radius 1 is 1.28 bits per heavy atom. The maximum Gasteiger partial charge on any atom is 0.253 e. The van der Waals surface area contributed by atoms with Crippen molar-refractivity contribution in [3.63, 3.8) is 0 Å². The number of benzene rings is 1. The molecule has 0 aromatic heterocycles. The fourth-order valence-corrected chi connectivity index (χ4v) is 2.58. The van der Waals surface area contributed by atoms with Gasteiger partial charge in [-0.2, -0.15) is 0 Å². The number of aryl methyl sites for hydroxylation is 1. The standard InChI is InChI=1S/C15H21NO2/c1-11-8-9-12(10-14(11)17)15(18)16(2)13-6-4-3-5-7-13/h8-10,13,17H,3-7H2,1-2H3. The third-order valence-corrected chi connectivity index (χ3v) is 3.90. The third-order valence-electron chi connectivity index (χ3n) is 3.90. The normalized spacial score (nSPS) is 16.6. The summed E-state index contributed by atoms with van der Waals surface area (Å²) in [6.45, 7) is 1.83. The Labute approximate surface area is 108 Å². The highest BCUT2D eigenvalue weighted by Gasteiger charge is 2.23. The van der Waals surface area contributed by atoms with Crippen molar-refractivity contribution in [2.45, 2.75) is 45.1 Å². The fraction of sp³-hybridized carbons (Fsp3) is 0.533. The summed E-state index contributed by atoms with van der Waals surface area (Å²) in [5.74, 6) is 0.204. The van der Waals surface area contributed by atoms with Gasteiger partial charge in [0.05, 0.1) is 0 Å². The van der Waals surface area contributed by atoms with Crippen molar-refractivity contribution in [3.05, 3.63) is 29.3 Å². The first-order valence-electron chi connectivity index (χ1n) is 6.66. The molecule has 3 heteroatoms. The maximum absolute atomic E-state index is 12.3. The Morgan fingerprint density at radius 2 is 1.94 bits per heavy atom. The second kappa shape index (κ2) is 5.42. The van der Waals surface area contributed by atoms with Crippen LogP contribution in [0.4, 0.5) is 0 Å². The Bertz CT molecular complexity index is 436. The van der Waals surface area contributed by atoms with Crippen LogP contribution in [0.3, 0.4) is 0 Å². The lowest BCUT2D eigenvalue weighted by Crippen LogP contribution is -2.38. The Hall–Kier alpha value is -1.51. The van der Waals surface area contributed by atoms with Crippen LogP contribution in [0.2, 0.25) is 0 Å². The van der Waals surface area contributed by atoms with Gasteiger partial charge in [0.2, 0.25) is 0 Å². The van der Waals surface area contributed by atoms with Gasteiger partial charge in [-0.05, 0) is 37.5 Å². The van der Waals surface area contributed by atoms with Crippen molar-refractivity contribution in [2.75, 3.05) is 7.05 Å². The van der Waals surface area contributed by atoms with Crippen LogP contribution in [0.1, 0.15) is 48.0 Å². The number of nitrogens with zero attached hydrogens (tertiary/aromatic N) is 1. The average molecular weight is 247 g/mol. The summed E-state index contributed by atoms with van der Waals surface area (Å²) in [5, 5.41) is 9.67. The minimum atomic E-state index is 0.0113. The van der Waals surface area contributed by atoms with E-state index >= 15 is 0 Å². The smallest absolute Gasteiger partial charge is 0.253 e. The number of carbonyl (C=O) groups excluding carboxylic acids is 1. The van der Waals surface area contributed by atoms with E-state index in [-0.39, 0.29) is 11.7 Å². The Balaban J connectivity index is 2.11. The van der Waals surface area contributed by atoms with Crippen molar-refractivity contribution in [1.82, 2.24) is 4.90 Å². The number of hydrogen-bond acceptors (Lipinski definition) is 2. The van der Waals surface area contributed by atoms with E-state index in [1.165, 1.54) is 19.3 Å². The third kappa shape index (κ3) is 2.66. The zero-order valence-electron chi connectivity index (χ0n) is 11.1. The number of amides is 1. The van der Waals surface area contributed by atoms with Gasteiger partial charge in [-0.3, -0.25) is 4.79 Å². The van der Waals surface area contributed by atoms with E-state index in [9.17, 15) is 9.90 Å². The van der Waals surface area contributed by atoms with Gasteiger partial charge >= 0.3 is 0 Å². The maximum atomic E-state index is 12.3. The average Bonchev–Trinajstić information content (AvgIpc) is 2.41. The topological polar surface area (TPSA) is 40.5 Å². The van der Waals surface area contributed by atoms with Gasteiger partial charge < -0.3 is 10.0 Å². The predicted molar refractivity (Wildman–Crippen MR) is 71.8 cm³/mol. The van der Waals surface area contributed by atoms with Crippen molar-refractivity contribution < 1.29 is 9.90 Å². The quantitative estimate of drug-likeness (QED) is 0.872. The number of phenolic OH excluding ortho intramolecular Hbond substituents is 1. The molecule has 0 spiro atoms. The second-order valence-corrected chi connectivity index (χ2v) is 5.21. The first-order chi connectivity index (χ1) is 8.59. The molecular weight excluding hydrogens is 226 g/mol. The monoisotopic (exact) mass is 247 g/mol. The number of phenols is 1. The molecule has 1 fully saturated rings. The van der Waals surface area contributed by atoms with Crippen LogP contribution in [-0.2, 0) is 0 Å². The fourth-order valence-electron chi connectivity index (χ4n) is 2.58. The second-order valence-electron chi connectivity index (χ2n) is 5.21. The van der Waals surface area contributed by atoms with Crippen LogP contribution in [0, 0.1) is 6.92 Å². The molecule has 1 N–H and O–H groups in total. The first kappa shape index (κ1) is 12.9. The molecule has 1 amide bonds. The van der Waals surface area contributed by atoms with E-state index in [1.54, 1.807) is 18.2 Å². The van der Waals surface area contributed by atoms with Crippen molar-refractivity contribution in [3.8, 4) is 5.75 Å². The molecule has 98 valence electrons. The Morgan fingerprint density at radius 3 is 2.56 bits per heavy atom. The molecule has 1 aromatic rings. The summed E-state index contributed by atoms with van der Waals surface area (Å²) >= 11 is 0. The van der Waals surface area contributed by atoms with Gasteiger partial charge in [-0.25, -0.2) is 0 Å². The molecule has 0 atom stereocenters. The molecular formula is C15H21NO2. The van der Waals surface area contributed by atoms with Gasteiger partial charge in [0.25, 0.3) is 5.91 Å². The SMILES string of the molecule is Cc1ccc(C(=O)N(C)C2CCCCC2)cc1O. The summed E-state index contributed by atoms with van der Waals surface area (Å²) in [7, 11) is 1.87. The Kier molecular flexibility index (Phi) is 3.90. The van der Waals surface area contributed by atoms with Crippen molar-refractivity contribution in [1.29, 1.82) is 0 Å². The van der Waals surface area contributed by atoms with Crippen molar-refractivity contribution in [2.24, 2.45) is 0 Å². The van der Waals surface area contributed by atoms with Crippen LogP contribution in [0.25, 0.3) is 0 Å². The highest BCUT2D eigenvalue weighted by atomic mass is 16.3. The summed E-state index contributed by atoms with van der Waals surface area (Å²) in [5.41, 5.74) is 1.37. The molecule has 0 aliphatic heterocycles. The molecule has 2 rings (SSSR count). The molecule has 1 saturated carbocycles. The number of aromatic hydroxyl groups is 1. The van der Waals surface area contributed by atoms with Gasteiger partial charge in [0.15, 0.2) is 0 Å². The predicted octanol–water partition coefficient (Wildman–Crippen LogP) is 3.11. The van der Waals surface area contributed by atoms with Crippen LogP contribution in [0.5, 0.6) is 5.75 Å². The summed E-state index contributed by atoms with van der Waals surface area (Å²) in [6.07, 6.45) is 5.90. The lowest BCUT2D eigenvalue weighted by atomic mass is 9.94. The van der Waals surface area contributed by atoms with E-state index in [2.05, 4.69) is 0 Å². The van der Waals surface area contributed by atoms with Gasteiger partial charge in [0.1, 0.15) is 5.75 Å². The lowest BCUT2D eigenvalue weighted by molar-refractivity contribution is 0.0696. The van der Waals surface area contributed by atoms with E-state index in [0.717, 1.165) is 18.4 Å². The first-order valence-corrected chi connectivity index (χ1v) is 6.66. The molecule has 0 heterocycles. The molecule has 0 radical (unpaired) electrons. The molecule has 1 aromatic carbocycles. The van der Waals surface area contributed by atoms with E-state index in [0.29, 0.717) is 11.6 Å². The van der Waals surface area contributed by atoms with E-state index < -0.39 is 0 Å². The van der Waals surface area contributed by atoms with Gasteiger partial charge in [-0.15, -0.1) is 0 Å². The highest BCUT2D eigenvalue weighted by molar-refractivity contribution is 5.94. The van der Waals surface area contributed by atoms with Crippen LogP contribution in [-0.4, -0.2) is 29.0 Å². The van der Waals surface area contributed by atoms with Gasteiger partial charge in [-0.1, -0.05) is 25.3 Å². The zero-order chi connectivity index (χ0) is 13.1. The summed E-state index contributed by atoms with van der Waals surface area (Å²) in [4.78, 5) is 14.2. The van der Waals surface area contributed by atoms with Crippen LogP contribution >= 0.6 is 0 Å². The molecule has 0 saturated heterocycles.